The van der Waals surface area contributed by atoms with Crippen molar-refractivity contribution in [1.82, 2.24) is 0 Å². The fourth-order valence-corrected chi connectivity index (χ4v) is 0.266. The molecule has 0 saturated carbocycles. The summed E-state index contributed by atoms with van der Waals surface area (Å²) >= 11 is 0. The first-order chi connectivity index (χ1) is 4.04. The van der Waals surface area contributed by atoms with Crippen molar-refractivity contribution in [1.29, 1.82) is 0 Å². The van der Waals surface area contributed by atoms with Gasteiger partial charge in [0.25, 0.3) is 0 Å². The molecule has 54 valence electrons. The molecule has 4 heteroatoms. The van der Waals surface area contributed by atoms with Crippen molar-refractivity contribution < 1.29 is 18.7 Å². The molecule has 3 nitrogen and oxygen atoms in total. The third-order valence-corrected chi connectivity index (χ3v) is 0.933. The number of hydrogen-bond donors (Lipinski definition) is 0. The summed E-state index contributed by atoms with van der Waals surface area (Å²) in [6, 6.07) is 0. The Hall–Kier alpha value is -0.640. The lowest BCUT2D eigenvalue weighted by molar-refractivity contribution is -0.186. The van der Waals surface area contributed by atoms with Crippen LogP contribution in [0.25, 0.3) is 0 Å². The van der Waals surface area contributed by atoms with Crippen molar-refractivity contribution in [3.8, 4) is 0 Å². The van der Waals surface area contributed by atoms with E-state index in [0.29, 0.717) is 0 Å². The number of esters is 1. The third-order valence-electron chi connectivity index (χ3n) is 0.933. The molecule has 0 N–H and O–H groups in total. The Morgan fingerprint density at radius 3 is 2.11 bits per heavy atom. The van der Waals surface area contributed by atoms with Crippen LogP contribution in [0, 0.1) is 0 Å². The highest BCUT2D eigenvalue weighted by molar-refractivity contribution is 5.76. The molecule has 0 aliphatic heterocycles. The maximum Gasteiger partial charge on any atom is 0.371 e. The predicted octanol–water partition coefficient (Wildman–Crippen LogP) is 0.491. The summed E-state index contributed by atoms with van der Waals surface area (Å²) in [5.74, 6) is -3.33. The number of rotatable bonds is 2. The van der Waals surface area contributed by atoms with Crippen molar-refractivity contribution in [3.05, 3.63) is 0 Å². The zero-order chi connectivity index (χ0) is 7.49. The van der Waals surface area contributed by atoms with E-state index >= 15 is 0 Å². The molecular weight excluding hydrogens is 127 g/mol. The topological polar surface area (TPSA) is 35.5 Å². The summed E-state index contributed by atoms with van der Waals surface area (Å²) < 4.78 is 20.7. The van der Waals surface area contributed by atoms with Crippen LogP contribution in [0.4, 0.5) is 4.39 Å². The van der Waals surface area contributed by atoms with E-state index in [0.717, 1.165) is 21.1 Å². The Morgan fingerprint density at radius 1 is 1.56 bits per heavy atom. The molecule has 9 heavy (non-hydrogen) atoms. The smallest absolute Gasteiger partial charge is 0.371 e. The van der Waals surface area contributed by atoms with Crippen molar-refractivity contribution in [2.45, 2.75) is 12.8 Å². The highest BCUT2D eigenvalue weighted by Crippen LogP contribution is 2.11. The minimum Gasteiger partial charge on any atom is -0.465 e. The van der Waals surface area contributed by atoms with Crippen LogP contribution in [-0.4, -0.2) is 26.0 Å². The van der Waals surface area contributed by atoms with E-state index in [1.807, 2.05) is 0 Å². The summed E-state index contributed by atoms with van der Waals surface area (Å²) in [4.78, 5) is 10.3. The molecule has 0 aliphatic rings. The van der Waals surface area contributed by atoms with Crippen molar-refractivity contribution in [2.24, 2.45) is 0 Å². The lowest BCUT2D eigenvalue weighted by atomic mass is 10.4. The first-order valence-corrected chi connectivity index (χ1v) is 2.37. The monoisotopic (exact) mass is 136 g/mol. The SMILES string of the molecule is COC(=O)C(C)(F)OC. The van der Waals surface area contributed by atoms with Gasteiger partial charge in [-0.1, -0.05) is 0 Å². The zero-order valence-corrected chi connectivity index (χ0v) is 5.60. The van der Waals surface area contributed by atoms with Gasteiger partial charge in [0.15, 0.2) is 0 Å². The predicted molar refractivity (Wildman–Crippen MR) is 28.5 cm³/mol. The third kappa shape index (κ3) is 1.97. The van der Waals surface area contributed by atoms with Gasteiger partial charge in [0.1, 0.15) is 0 Å². The van der Waals surface area contributed by atoms with E-state index in [2.05, 4.69) is 9.47 Å². The van der Waals surface area contributed by atoms with Crippen LogP contribution >= 0.6 is 0 Å². The van der Waals surface area contributed by atoms with Gasteiger partial charge in [0, 0.05) is 14.0 Å². The molecule has 0 radical (unpaired) electrons. The number of halogens is 1. The van der Waals surface area contributed by atoms with Crippen molar-refractivity contribution >= 4 is 5.97 Å². The maximum atomic E-state index is 12.5. The molecule has 0 rings (SSSR count). The van der Waals surface area contributed by atoms with E-state index < -0.39 is 11.8 Å². The first kappa shape index (κ1) is 8.36. The Kier molecular flexibility index (Phi) is 2.58. The Bertz CT molecular complexity index is 111. The van der Waals surface area contributed by atoms with Gasteiger partial charge in [-0.15, -0.1) is 0 Å². The molecule has 0 heterocycles. The number of alkyl halides is 1. The Morgan fingerprint density at radius 2 is 2.00 bits per heavy atom. The lowest BCUT2D eigenvalue weighted by Gasteiger charge is -2.13. The molecule has 0 spiro atoms. The van der Waals surface area contributed by atoms with Gasteiger partial charge in [0.2, 0.25) is 0 Å². The van der Waals surface area contributed by atoms with Gasteiger partial charge in [-0.2, -0.15) is 4.39 Å². The minimum atomic E-state index is -2.31. The van der Waals surface area contributed by atoms with Gasteiger partial charge in [0.05, 0.1) is 7.11 Å². The second-order valence-corrected chi connectivity index (χ2v) is 1.61. The summed E-state index contributed by atoms with van der Waals surface area (Å²) in [5, 5.41) is 0. The van der Waals surface area contributed by atoms with E-state index in [9.17, 15) is 9.18 Å². The van der Waals surface area contributed by atoms with E-state index in [1.54, 1.807) is 0 Å². The lowest BCUT2D eigenvalue weighted by Crippen LogP contribution is -2.33. The highest BCUT2D eigenvalue weighted by Gasteiger charge is 2.33. The summed E-state index contributed by atoms with van der Waals surface area (Å²) in [6.07, 6.45) is 0. The summed E-state index contributed by atoms with van der Waals surface area (Å²) in [5.41, 5.74) is 0. The second kappa shape index (κ2) is 2.77. The first-order valence-electron chi connectivity index (χ1n) is 2.37. The average molecular weight is 136 g/mol. The number of hydrogen-bond acceptors (Lipinski definition) is 3. The van der Waals surface area contributed by atoms with Crippen LogP contribution in [-0.2, 0) is 14.3 Å². The molecule has 0 aromatic rings. The molecule has 0 bridgehead atoms. The van der Waals surface area contributed by atoms with Gasteiger partial charge in [-0.3, -0.25) is 0 Å². The molecule has 0 amide bonds. The number of carbonyl (C=O) groups is 1. The number of carbonyl (C=O) groups excluding carboxylic acids is 1. The van der Waals surface area contributed by atoms with Crippen LogP contribution in [0.5, 0.6) is 0 Å². The van der Waals surface area contributed by atoms with E-state index in [-0.39, 0.29) is 0 Å². The molecule has 0 saturated heterocycles. The fraction of sp³-hybridized carbons (Fsp3) is 0.800. The fourth-order valence-electron chi connectivity index (χ4n) is 0.266. The average Bonchev–Trinajstić information content (AvgIpc) is 1.86. The largest absolute Gasteiger partial charge is 0.465 e. The second-order valence-electron chi connectivity index (χ2n) is 1.61. The summed E-state index contributed by atoms with van der Waals surface area (Å²) in [7, 11) is 2.19. The van der Waals surface area contributed by atoms with Crippen molar-refractivity contribution in [3.63, 3.8) is 0 Å². The van der Waals surface area contributed by atoms with E-state index in [1.165, 1.54) is 0 Å². The molecule has 0 aromatic heterocycles. The molecule has 0 fully saturated rings. The normalized spacial score (nSPS) is 16.4. The van der Waals surface area contributed by atoms with Crippen LogP contribution in [0.15, 0.2) is 0 Å². The van der Waals surface area contributed by atoms with Gasteiger partial charge in [-0.25, -0.2) is 4.79 Å². The quantitative estimate of drug-likeness (QED) is 0.518. The molecular formula is C5H9FO3. The molecule has 0 aromatic carbocycles. The highest BCUT2D eigenvalue weighted by atomic mass is 19.2. The van der Waals surface area contributed by atoms with Gasteiger partial charge < -0.3 is 9.47 Å². The van der Waals surface area contributed by atoms with Gasteiger partial charge in [-0.05, 0) is 0 Å². The molecule has 0 aliphatic carbocycles. The van der Waals surface area contributed by atoms with Crippen LogP contribution in [0.2, 0.25) is 0 Å². The maximum absolute atomic E-state index is 12.5. The van der Waals surface area contributed by atoms with Crippen LogP contribution in [0.3, 0.4) is 0 Å². The Labute approximate surface area is 52.8 Å². The van der Waals surface area contributed by atoms with Crippen LogP contribution < -0.4 is 0 Å². The van der Waals surface area contributed by atoms with E-state index in [4.69, 9.17) is 0 Å². The van der Waals surface area contributed by atoms with Crippen LogP contribution in [0.1, 0.15) is 6.92 Å². The Balaban J connectivity index is 3.97. The number of methoxy groups -OCH3 is 2. The van der Waals surface area contributed by atoms with Gasteiger partial charge >= 0.3 is 11.8 Å². The standard InChI is InChI=1S/C5H9FO3/c1-5(6,9-3)4(7)8-2/h1-3H3. The number of ether oxygens (including phenoxy) is 2. The molecule has 1 unspecified atom stereocenters. The summed E-state index contributed by atoms with van der Waals surface area (Å²) in [6.45, 7) is 0.985. The van der Waals surface area contributed by atoms with Crippen molar-refractivity contribution in [2.75, 3.05) is 14.2 Å². The molecule has 1 atom stereocenters. The minimum absolute atomic E-state index is 0.985. The zero-order valence-electron chi connectivity index (χ0n) is 5.60.